The van der Waals surface area contributed by atoms with Crippen molar-refractivity contribution in [2.45, 2.75) is 24.3 Å². The van der Waals surface area contributed by atoms with Crippen LogP contribution in [0.4, 0.5) is 13.2 Å². The molecular formula is C9H12F3NOS. The second kappa shape index (κ2) is 5.61. The summed E-state index contributed by atoms with van der Waals surface area (Å²) in [7, 11) is 0. The fraction of sp³-hybridized carbons (Fsp3) is 0.889. The van der Waals surface area contributed by atoms with Crippen molar-refractivity contribution in [1.82, 2.24) is 0 Å². The molecule has 1 aliphatic rings. The molecule has 1 atom stereocenters. The third-order valence-corrected chi connectivity index (χ3v) is 3.69. The van der Waals surface area contributed by atoms with Gasteiger partial charge in [-0.25, -0.2) is 0 Å². The molecule has 0 saturated carbocycles. The summed E-state index contributed by atoms with van der Waals surface area (Å²) in [5.41, 5.74) is 0. The molecule has 1 unspecified atom stereocenters. The van der Waals surface area contributed by atoms with Crippen LogP contribution in [-0.2, 0) is 4.74 Å². The van der Waals surface area contributed by atoms with Gasteiger partial charge >= 0.3 is 6.18 Å². The second-order valence-corrected chi connectivity index (χ2v) is 4.70. The van der Waals surface area contributed by atoms with E-state index in [9.17, 15) is 13.2 Å². The molecule has 6 heteroatoms. The average molecular weight is 239 g/mol. The SMILES string of the molecule is N#CC(CSC1CCOCC1)C(F)(F)F. The normalized spacial score (nSPS) is 20.9. The van der Waals surface area contributed by atoms with Crippen molar-refractivity contribution in [2.24, 2.45) is 5.92 Å². The Labute approximate surface area is 90.8 Å². The van der Waals surface area contributed by atoms with E-state index in [1.54, 1.807) is 0 Å². The monoisotopic (exact) mass is 239 g/mol. The maximum atomic E-state index is 12.2. The number of nitriles is 1. The first-order chi connectivity index (χ1) is 7.04. The molecule has 0 N–H and O–H groups in total. The first-order valence-electron chi connectivity index (χ1n) is 4.69. The number of hydrogen-bond acceptors (Lipinski definition) is 3. The minimum absolute atomic E-state index is 0.162. The quantitative estimate of drug-likeness (QED) is 0.759. The van der Waals surface area contributed by atoms with Crippen LogP contribution in [0.1, 0.15) is 12.8 Å². The summed E-state index contributed by atoms with van der Waals surface area (Å²) in [6, 6.07) is 1.30. The third-order valence-electron chi connectivity index (χ3n) is 2.22. The molecule has 0 aromatic heterocycles. The summed E-state index contributed by atoms with van der Waals surface area (Å²) >= 11 is 1.23. The van der Waals surface area contributed by atoms with Crippen molar-refractivity contribution >= 4 is 11.8 Å². The van der Waals surface area contributed by atoms with Crippen molar-refractivity contribution in [1.29, 1.82) is 5.26 Å². The van der Waals surface area contributed by atoms with Crippen LogP contribution in [-0.4, -0.2) is 30.4 Å². The van der Waals surface area contributed by atoms with E-state index in [0.717, 1.165) is 12.8 Å². The zero-order chi connectivity index (χ0) is 11.3. The summed E-state index contributed by atoms with van der Waals surface area (Å²) in [6.45, 7) is 1.22. The lowest BCUT2D eigenvalue weighted by molar-refractivity contribution is -0.152. The zero-order valence-electron chi connectivity index (χ0n) is 8.09. The van der Waals surface area contributed by atoms with Gasteiger partial charge < -0.3 is 4.74 Å². The molecule has 0 aliphatic carbocycles. The minimum atomic E-state index is -4.40. The molecule has 1 heterocycles. The predicted molar refractivity (Wildman–Crippen MR) is 51.5 cm³/mol. The Morgan fingerprint density at radius 2 is 2.00 bits per heavy atom. The molecule has 0 aromatic rings. The summed E-state index contributed by atoms with van der Waals surface area (Å²) in [4.78, 5) is 0. The van der Waals surface area contributed by atoms with Gasteiger partial charge in [0.15, 0.2) is 5.92 Å². The van der Waals surface area contributed by atoms with Crippen LogP contribution in [0.3, 0.4) is 0 Å². The van der Waals surface area contributed by atoms with Crippen molar-refractivity contribution < 1.29 is 17.9 Å². The molecule has 2 nitrogen and oxygen atoms in total. The van der Waals surface area contributed by atoms with Gasteiger partial charge in [-0.15, -0.1) is 0 Å². The highest BCUT2D eigenvalue weighted by Crippen LogP contribution is 2.31. The molecule has 0 amide bonds. The van der Waals surface area contributed by atoms with Crippen LogP contribution in [0.25, 0.3) is 0 Å². The Morgan fingerprint density at radius 1 is 1.40 bits per heavy atom. The zero-order valence-corrected chi connectivity index (χ0v) is 8.90. The number of halogens is 3. The molecule has 1 aliphatic heterocycles. The van der Waals surface area contributed by atoms with Gasteiger partial charge in [0.05, 0.1) is 6.07 Å². The Hall–Kier alpha value is -0.410. The maximum absolute atomic E-state index is 12.2. The fourth-order valence-corrected chi connectivity index (χ4v) is 2.53. The van der Waals surface area contributed by atoms with Crippen LogP contribution >= 0.6 is 11.8 Å². The molecule has 0 spiro atoms. The van der Waals surface area contributed by atoms with Crippen LogP contribution in [0.2, 0.25) is 0 Å². The maximum Gasteiger partial charge on any atom is 0.405 e. The highest BCUT2D eigenvalue weighted by atomic mass is 32.2. The number of rotatable bonds is 3. The topological polar surface area (TPSA) is 33.0 Å². The lowest BCUT2D eigenvalue weighted by atomic mass is 10.2. The van der Waals surface area contributed by atoms with Crippen LogP contribution in [0.15, 0.2) is 0 Å². The standard InChI is InChI=1S/C9H12F3NOS/c10-9(11,12)7(5-13)6-15-8-1-3-14-4-2-8/h7-8H,1-4,6H2. The third kappa shape index (κ3) is 4.31. The molecule has 86 valence electrons. The first-order valence-corrected chi connectivity index (χ1v) is 5.74. The van der Waals surface area contributed by atoms with Gasteiger partial charge in [0.2, 0.25) is 0 Å². The van der Waals surface area contributed by atoms with E-state index >= 15 is 0 Å². The van der Waals surface area contributed by atoms with Crippen LogP contribution in [0.5, 0.6) is 0 Å². The van der Waals surface area contributed by atoms with Crippen LogP contribution in [0, 0.1) is 17.2 Å². The molecule has 0 bridgehead atoms. The number of ether oxygens (including phenoxy) is 1. The van der Waals surface area contributed by atoms with Gasteiger partial charge in [0.25, 0.3) is 0 Å². The molecular weight excluding hydrogens is 227 g/mol. The highest BCUT2D eigenvalue weighted by molar-refractivity contribution is 7.99. The molecule has 15 heavy (non-hydrogen) atoms. The Balaban J connectivity index is 2.31. The number of alkyl halides is 3. The molecule has 1 rings (SSSR count). The van der Waals surface area contributed by atoms with E-state index in [0.29, 0.717) is 13.2 Å². The van der Waals surface area contributed by atoms with Gasteiger partial charge in [-0.05, 0) is 12.8 Å². The van der Waals surface area contributed by atoms with Crippen LogP contribution < -0.4 is 0 Å². The lowest BCUT2D eigenvalue weighted by Gasteiger charge is -2.22. The molecule has 1 saturated heterocycles. The Kier molecular flexibility index (Phi) is 4.74. The van der Waals surface area contributed by atoms with Gasteiger partial charge in [0.1, 0.15) is 0 Å². The second-order valence-electron chi connectivity index (χ2n) is 3.37. The van der Waals surface area contributed by atoms with E-state index in [1.165, 1.54) is 17.8 Å². The van der Waals surface area contributed by atoms with Gasteiger partial charge in [-0.2, -0.15) is 30.2 Å². The molecule has 0 aromatic carbocycles. The van der Waals surface area contributed by atoms with Crippen molar-refractivity contribution in [3.05, 3.63) is 0 Å². The predicted octanol–water partition coefficient (Wildman–Crippen LogP) is 2.60. The lowest BCUT2D eigenvalue weighted by Crippen LogP contribution is -2.26. The first kappa shape index (κ1) is 12.7. The number of hydrogen-bond donors (Lipinski definition) is 0. The summed E-state index contributed by atoms with van der Waals surface area (Å²) in [6.07, 6.45) is -2.84. The molecule has 1 fully saturated rings. The van der Waals surface area contributed by atoms with Crippen molar-refractivity contribution in [3.63, 3.8) is 0 Å². The average Bonchev–Trinajstić information content (AvgIpc) is 2.18. The largest absolute Gasteiger partial charge is 0.405 e. The van der Waals surface area contributed by atoms with Gasteiger partial charge in [-0.3, -0.25) is 0 Å². The van der Waals surface area contributed by atoms with Gasteiger partial charge in [0, 0.05) is 24.2 Å². The van der Waals surface area contributed by atoms with E-state index in [-0.39, 0.29) is 11.0 Å². The molecule has 0 radical (unpaired) electrons. The number of thioether (sulfide) groups is 1. The van der Waals surface area contributed by atoms with Crippen molar-refractivity contribution in [2.75, 3.05) is 19.0 Å². The summed E-state index contributed by atoms with van der Waals surface area (Å²) in [5, 5.41) is 8.59. The summed E-state index contributed by atoms with van der Waals surface area (Å²) in [5.74, 6) is -2.00. The van der Waals surface area contributed by atoms with E-state index in [1.807, 2.05) is 0 Å². The Bertz CT molecular complexity index is 232. The van der Waals surface area contributed by atoms with E-state index < -0.39 is 12.1 Å². The highest BCUT2D eigenvalue weighted by Gasteiger charge is 2.40. The fourth-order valence-electron chi connectivity index (χ4n) is 1.28. The van der Waals surface area contributed by atoms with Gasteiger partial charge in [-0.1, -0.05) is 0 Å². The number of nitrogens with zero attached hydrogens (tertiary/aromatic N) is 1. The summed E-state index contributed by atoms with van der Waals surface area (Å²) < 4.78 is 41.7. The minimum Gasteiger partial charge on any atom is -0.381 e. The van der Waals surface area contributed by atoms with E-state index in [2.05, 4.69) is 0 Å². The van der Waals surface area contributed by atoms with E-state index in [4.69, 9.17) is 10.00 Å². The smallest absolute Gasteiger partial charge is 0.381 e. The Morgan fingerprint density at radius 3 is 2.47 bits per heavy atom. The van der Waals surface area contributed by atoms with Crippen molar-refractivity contribution in [3.8, 4) is 6.07 Å².